The van der Waals surface area contributed by atoms with Crippen molar-refractivity contribution in [2.24, 2.45) is 5.73 Å². The molecule has 0 aromatic rings. The number of hydrogen-bond acceptors (Lipinski definition) is 5. The number of carboxylic acid groups (broad SMARTS) is 1. The van der Waals surface area contributed by atoms with Gasteiger partial charge in [-0.1, -0.05) is 12.8 Å². The highest BCUT2D eigenvalue weighted by molar-refractivity contribution is 6.40. The zero-order valence-electron chi connectivity index (χ0n) is 9.22. The zero-order valence-corrected chi connectivity index (χ0v) is 9.22. The van der Waals surface area contributed by atoms with E-state index in [9.17, 15) is 9.90 Å². The highest BCUT2D eigenvalue weighted by Gasteiger charge is 2.43. The molecule has 16 heavy (non-hydrogen) atoms. The lowest BCUT2D eigenvalue weighted by Crippen LogP contribution is -2.47. The molecule has 1 heterocycles. The van der Waals surface area contributed by atoms with Gasteiger partial charge in [-0.2, -0.15) is 0 Å². The van der Waals surface area contributed by atoms with E-state index in [1.165, 1.54) is 0 Å². The van der Waals surface area contributed by atoms with Crippen molar-refractivity contribution >= 4 is 13.1 Å². The first kappa shape index (κ1) is 13.4. The fourth-order valence-electron chi connectivity index (χ4n) is 2.13. The quantitative estimate of drug-likeness (QED) is 0.288. The number of aliphatic carboxylic acids is 1. The topological polar surface area (TPSA) is 116 Å². The molecule has 0 bridgehead atoms. The van der Waals surface area contributed by atoms with Gasteiger partial charge in [0.1, 0.15) is 5.54 Å². The lowest BCUT2D eigenvalue weighted by atomic mass is 9.81. The molecule has 6 nitrogen and oxygen atoms in total. The molecule has 0 amide bonds. The average Bonchev–Trinajstić information content (AvgIpc) is 2.56. The SMILES string of the molecule is N[C@@H]1CN[C@](CCCCB(O)O)(C(=O)O)C1. The monoisotopic (exact) mass is 230 g/mol. The summed E-state index contributed by atoms with van der Waals surface area (Å²) in [4.78, 5) is 11.2. The third-order valence-electron chi connectivity index (χ3n) is 3.04. The number of nitrogens with one attached hydrogen (secondary N) is 1. The van der Waals surface area contributed by atoms with Crippen molar-refractivity contribution in [3.8, 4) is 0 Å². The fraction of sp³-hybridized carbons (Fsp3) is 0.889. The Morgan fingerprint density at radius 3 is 2.62 bits per heavy atom. The van der Waals surface area contributed by atoms with Gasteiger partial charge in [-0.3, -0.25) is 4.79 Å². The minimum atomic E-state index is -1.31. The van der Waals surface area contributed by atoms with Crippen LogP contribution in [0.1, 0.15) is 25.7 Å². The molecule has 0 aromatic carbocycles. The minimum absolute atomic E-state index is 0.112. The van der Waals surface area contributed by atoms with Crippen LogP contribution in [0.4, 0.5) is 0 Å². The molecule has 1 aliphatic rings. The first-order chi connectivity index (χ1) is 7.46. The Kier molecular flexibility index (Phi) is 4.73. The average molecular weight is 230 g/mol. The Balaban J connectivity index is 2.38. The predicted octanol–water partition coefficient (Wildman–Crippen LogP) is -1.23. The van der Waals surface area contributed by atoms with Crippen LogP contribution in [0.3, 0.4) is 0 Å². The summed E-state index contributed by atoms with van der Waals surface area (Å²) in [6.45, 7) is 0.523. The number of carboxylic acids is 1. The Morgan fingerprint density at radius 2 is 2.19 bits per heavy atom. The van der Waals surface area contributed by atoms with Gasteiger partial charge in [0, 0.05) is 12.6 Å². The minimum Gasteiger partial charge on any atom is -0.480 e. The number of carbonyl (C=O) groups is 1. The van der Waals surface area contributed by atoms with Crippen LogP contribution in [0.5, 0.6) is 0 Å². The van der Waals surface area contributed by atoms with Crippen molar-refractivity contribution in [3.05, 3.63) is 0 Å². The van der Waals surface area contributed by atoms with E-state index in [4.69, 9.17) is 15.8 Å². The molecule has 0 aliphatic carbocycles. The smallest absolute Gasteiger partial charge is 0.451 e. The van der Waals surface area contributed by atoms with E-state index in [-0.39, 0.29) is 12.4 Å². The van der Waals surface area contributed by atoms with Gasteiger partial charge in [-0.25, -0.2) is 0 Å². The van der Waals surface area contributed by atoms with Gasteiger partial charge in [0.05, 0.1) is 0 Å². The van der Waals surface area contributed by atoms with Crippen LogP contribution < -0.4 is 11.1 Å². The van der Waals surface area contributed by atoms with Gasteiger partial charge >= 0.3 is 13.1 Å². The molecule has 6 N–H and O–H groups in total. The van der Waals surface area contributed by atoms with E-state index in [1.807, 2.05) is 0 Å². The highest BCUT2D eigenvalue weighted by Crippen LogP contribution is 2.25. The maximum atomic E-state index is 11.2. The Bertz CT molecular complexity index is 252. The molecule has 2 atom stereocenters. The molecule has 0 saturated carbocycles. The Hall–Kier alpha value is -0.625. The molecule has 0 unspecified atom stereocenters. The maximum absolute atomic E-state index is 11.2. The molecule has 1 fully saturated rings. The molecule has 1 rings (SSSR count). The molecule has 0 radical (unpaired) electrons. The predicted molar refractivity (Wildman–Crippen MR) is 59.8 cm³/mol. The van der Waals surface area contributed by atoms with E-state index in [1.54, 1.807) is 0 Å². The Labute approximate surface area is 95.0 Å². The molecular weight excluding hydrogens is 211 g/mol. The zero-order chi connectivity index (χ0) is 12.2. The molecule has 0 spiro atoms. The molecule has 1 aliphatic heterocycles. The lowest BCUT2D eigenvalue weighted by molar-refractivity contribution is -0.144. The van der Waals surface area contributed by atoms with E-state index < -0.39 is 18.6 Å². The second-order valence-corrected chi connectivity index (χ2v) is 4.46. The summed E-state index contributed by atoms with van der Waals surface area (Å²) < 4.78 is 0. The van der Waals surface area contributed by atoms with Gasteiger partial charge in [0.2, 0.25) is 0 Å². The van der Waals surface area contributed by atoms with Crippen LogP contribution in [0.15, 0.2) is 0 Å². The largest absolute Gasteiger partial charge is 0.480 e. The summed E-state index contributed by atoms with van der Waals surface area (Å²) in [5.41, 5.74) is 4.78. The van der Waals surface area contributed by atoms with Crippen molar-refractivity contribution < 1.29 is 19.9 Å². The fourth-order valence-corrected chi connectivity index (χ4v) is 2.13. The van der Waals surface area contributed by atoms with Gasteiger partial charge < -0.3 is 26.2 Å². The second-order valence-electron chi connectivity index (χ2n) is 4.46. The molecule has 7 heteroatoms. The molecule has 92 valence electrons. The van der Waals surface area contributed by atoms with Crippen LogP contribution >= 0.6 is 0 Å². The normalized spacial score (nSPS) is 29.3. The Morgan fingerprint density at radius 1 is 1.50 bits per heavy atom. The van der Waals surface area contributed by atoms with Crippen molar-refractivity contribution in [1.29, 1.82) is 0 Å². The molecule has 1 saturated heterocycles. The van der Waals surface area contributed by atoms with Crippen LogP contribution in [-0.4, -0.2) is 46.4 Å². The summed E-state index contributed by atoms with van der Waals surface area (Å²) in [5, 5.41) is 29.5. The van der Waals surface area contributed by atoms with E-state index in [0.717, 1.165) is 0 Å². The second kappa shape index (κ2) is 5.63. The van der Waals surface area contributed by atoms with Crippen molar-refractivity contribution in [1.82, 2.24) is 5.32 Å². The summed E-state index contributed by atoms with van der Waals surface area (Å²) in [5.74, 6) is -0.870. The van der Waals surface area contributed by atoms with Gasteiger partial charge in [0.15, 0.2) is 0 Å². The lowest BCUT2D eigenvalue weighted by Gasteiger charge is -2.24. The summed E-state index contributed by atoms with van der Waals surface area (Å²) in [6.07, 6.45) is 2.43. The van der Waals surface area contributed by atoms with E-state index >= 15 is 0 Å². The number of hydrogen-bond donors (Lipinski definition) is 5. The summed E-state index contributed by atoms with van der Waals surface area (Å²) in [7, 11) is -1.31. The summed E-state index contributed by atoms with van der Waals surface area (Å²) >= 11 is 0. The number of nitrogens with two attached hydrogens (primary N) is 1. The molecular formula is C9H19BN2O4. The van der Waals surface area contributed by atoms with E-state index in [2.05, 4.69) is 5.32 Å². The van der Waals surface area contributed by atoms with Gasteiger partial charge in [-0.15, -0.1) is 0 Å². The van der Waals surface area contributed by atoms with Crippen molar-refractivity contribution in [3.63, 3.8) is 0 Å². The first-order valence-electron chi connectivity index (χ1n) is 5.56. The van der Waals surface area contributed by atoms with Crippen LogP contribution in [-0.2, 0) is 4.79 Å². The maximum Gasteiger partial charge on any atom is 0.451 e. The number of rotatable bonds is 6. The van der Waals surface area contributed by atoms with Gasteiger partial charge in [0.25, 0.3) is 0 Å². The van der Waals surface area contributed by atoms with Crippen LogP contribution in [0.2, 0.25) is 6.32 Å². The highest BCUT2D eigenvalue weighted by atomic mass is 16.4. The summed E-state index contributed by atoms with van der Waals surface area (Å²) in [6, 6.07) is -0.112. The molecule has 0 aromatic heterocycles. The van der Waals surface area contributed by atoms with Crippen LogP contribution in [0, 0.1) is 0 Å². The first-order valence-corrected chi connectivity index (χ1v) is 5.56. The third-order valence-corrected chi connectivity index (χ3v) is 3.04. The standard InChI is InChI=1S/C9H19BN2O4/c11-7-5-9(8(13)14,12-6-7)3-1-2-4-10(15)16/h7,12,15-16H,1-6,11H2,(H,13,14)/t7-,9-/m0/s1. The number of unbranched alkanes of at least 4 members (excludes halogenated alkanes) is 1. The van der Waals surface area contributed by atoms with Crippen LogP contribution in [0.25, 0.3) is 0 Å². The third kappa shape index (κ3) is 3.45. The van der Waals surface area contributed by atoms with Crippen molar-refractivity contribution in [2.45, 2.75) is 43.6 Å². The van der Waals surface area contributed by atoms with Crippen molar-refractivity contribution in [2.75, 3.05) is 6.54 Å². The van der Waals surface area contributed by atoms with E-state index in [0.29, 0.717) is 32.2 Å². The van der Waals surface area contributed by atoms with Gasteiger partial charge in [-0.05, 0) is 19.2 Å².